The zero-order valence-electron chi connectivity index (χ0n) is 10.6. The summed E-state index contributed by atoms with van der Waals surface area (Å²) in [7, 11) is 0. The first-order valence-corrected chi connectivity index (χ1v) is 6.28. The Hall–Kier alpha value is -1.27. The van der Waals surface area contributed by atoms with Crippen LogP contribution >= 0.6 is 0 Å². The van der Waals surface area contributed by atoms with Gasteiger partial charge in [0.05, 0.1) is 12.2 Å². The van der Waals surface area contributed by atoms with Crippen molar-refractivity contribution in [2.75, 3.05) is 0 Å². The first-order chi connectivity index (χ1) is 9.00. The van der Waals surface area contributed by atoms with E-state index in [-0.39, 0.29) is 12.2 Å². The third-order valence-electron chi connectivity index (χ3n) is 3.43. The van der Waals surface area contributed by atoms with E-state index in [9.17, 15) is 20.1 Å². The van der Waals surface area contributed by atoms with E-state index in [1.807, 2.05) is 6.07 Å². The maximum absolute atomic E-state index is 12.0. The Balaban J connectivity index is 2.05. The number of rotatable bonds is 3. The van der Waals surface area contributed by atoms with Crippen LogP contribution in [0.25, 0.3) is 0 Å². The molecule has 104 valence electrons. The highest BCUT2D eigenvalue weighted by atomic mass is 16.5. The molecule has 0 unspecified atom stereocenters. The smallest absolute Gasteiger partial charge is 0.165 e. The second-order valence-corrected chi connectivity index (χ2v) is 4.84. The number of hydrogen-bond donors (Lipinski definition) is 3. The Labute approximate surface area is 111 Å². The fourth-order valence-electron chi connectivity index (χ4n) is 2.23. The molecule has 5 heteroatoms. The van der Waals surface area contributed by atoms with Gasteiger partial charge in [0, 0.05) is 12.0 Å². The summed E-state index contributed by atoms with van der Waals surface area (Å²) in [4.78, 5) is 12.0. The number of ketones is 1. The normalized spacial score (nSPS) is 35.1. The molecule has 3 N–H and O–H groups in total. The van der Waals surface area contributed by atoms with E-state index in [1.54, 1.807) is 31.2 Å². The first-order valence-electron chi connectivity index (χ1n) is 6.28. The van der Waals surface area contributed by atoms with Crippen LogP contribution in [0.1, 0.15) is 23.7 Å². The van der Waals surface area contributed by atoms with Gasteiger partial charge in [0.2, 0.25) is 0 Å². The highest BCUT2D eigenvalue weighted by Gasteiger charge is 2.42. The molecule has 0 saturated carbocycles. The molecule has 5 atom stereocenters. The topological polar surface area (TPSA) is 87.0 Å². The van der Waals surface area contributed by atoms with Crippen LogP contribution in [0.4, 0.5) is 0 Å². The van der Waals surface area contributed by atoms with Crippen LogP contribution in [0, 0.1) is 0 Å². The predicted molar refractivity (Wildman–Crippen MR) is 67.7 cm³/mol. The molecule has 5 nitrogen and oxygen atoms in total. The van der Waals surface area contributed by atoms with Gasteiger partial charge >= 0.3 is 0 Å². The third kappa shape index (κ3) is 3.01. The number of carbonyl (C=O) groups excluding carboxylic acids is 1. The molecule has 0 bridgehead atoms. The van der Waals surface area contributed by atoms with E-state index in [0.29, 0.717) is 5.56 Å². The van der Waals surface area contributed by atoms with Crippen molar-refractivity contribution < 1.29 is 24.9 Å². The summed E-state index contributed by atoms with van der Waals surface area (Å²) >= 11 is 0. The van der Waals surface area contributed by atoms with Crippen molar-refractivity contribution in [1.29, 1.82) is 0 Å². The van der Waals surface area contributed by atoms with E-state index < -0.39 is 30.5 Å². The number of hydrogen-bond acceptors (Lipinski definition) is 5. The molecule has 0 aromatic heterocycles. The molecule has 1 aliphatic rings. The van der Waals surface area contributed by atoms with Gasteiger partial charge in [-0.25, -0.2) is 0 Å². The average molecular weight is 266 g/mol. The lowest BCUT2D eigenvalue weighted by Gasteiger charge is -2.39. The molecule has 0 spiro atoms. The molecule has 0 aliphatic carbocycles. The number of aliphatic hydroxyl groups excluding tert-OH is 3. The molecule has 0 radical (unpaired) electrons. The van der Waals surface area contributed by atoms with Crippen molar-refractivity contribution >= 4 is 5.78 Å². The summed E-state index contributed by atoms with van der Waals surface area (Å²) in [6.07, 6.45) is -5.15. The molecule has 1 heterocycles. The molecule has 0 amide bonds. The van der Waals surface area contributed by atoms with Gasteiger partial charge in [0.1, 0.15) is 18.3 Å². The van der Waals surface area contributed by atoms with Crippen molar-refractivity contribution in [3.63, 3.8) is 0 Å². The average Bonchev–Trinajstić information content (AvgIpc) is 2.43. The van der Waals surface area contributed by atoms with Gasteiger partial charge in [-0.05, 0) is 6.92 Å². The fourth-order valence-corrected chi connectivity index (χ4v) is 2.23. The number of ether oxygens (including phenoxy) is 1. The summed E-state index contributed by atoms with van der Waals surface area (Å²) in [6, 6.07) is 8.70. The summed E-state index contributed by atoms with van der Waals surface area (Å²) in [5, 5.41) is 29.1. The van der Waals surface area contributed by atoms with Crippen LogP contribution in [0.5, 0.6) is 0 Å². The van der Waals surface area contributed by atoms with E-state index in [4.69, 9.17) is 4.74 Å². The van der Waals surface area contributed by atoms with E-state index in [0.717, 1.165) is 0 Å². The molecule has 1 saturated heterocycles. The lowest BCUT2D eigenvalue weighted by molar-refractivity contribution is -0.215. The molecule has 1 aromatic rings. The first kappa shape index (κ1) is 14.1. The third-order valence-corrected chi connectivity index (χ3v) is 3.43. The maximum Gasteiger partial charge on any atom is 0.165 e. The van der Waals surface area contributed by atoms with E-state index in [2.05, 4.69) is 0 Å². The van der Waals surface area contributed by atoms with Crippen LogP contribution < -0.4 is 0 Å². The molecular formula is C14H18O5. The van der Waals surface area contributed by atoms with Gasteiger partial charge in [-0.2, -0.15) is 0 Å². The van der Waals surface area contributed by atoms with Crippen molar-refractivity contribution in [2.45, 2.75) is 43.9 Å². The molecule has 1 aliphatic heterocycles. The number of carbonyl (C=O) groups is 1. The van der Waals surface area contributed by atoms with E-state index >= 15 is 0 Å². The van der Waals surface area contributed by atoms with Gasteiger partial charge < -0.3 is 20.1 Å². The monoisotopic (exact) mass is 266 g/mol. The fraction of sp³-hybridized carbons (Fsp3) is 0.500. The second-order valence-electron chi connectivity index (χ2n) is 4.84. The van der Waals surface area contributed by atoms with Crippen molar-refractivity contribution in [3.05, 3.63) is 35.9 Å². The highest BCUT2D eigenvalue weighted by Crippen LogP contribution is 2.24. The van der Waals surface area contributed by atoms with Crippen molar-refractivity contribution in [1.82, 2.24) is 0 Å². The van der Waals surface area contributed by atoms with Crippen molar-refractivity contribution in [3.8, 4) is 0 Å². The molecule has 1 aromatic carbocycles. The standard InChI is InChI=1S/C14H18O5/c1-8-12(16)14(18)13(17)11(19-8)7-10(15)9-5-3-2-4-6-9/h2-6,8,11-14,16-18H,7H2,1H3/t8-,11-,12+,13+,14+/m1/s1. The van der Waals surface area contributed by atoms with Gasteiger partial charge in [-0.3, -0.25) is 4.79 Å². The Kier molecular flexibility index (Phi) is 4.31. The highest BCUT2D eigenvalue weighted by molar-refractivity contribution is 5.96. The summed E-state index contributed by atoms with van der Waals surface area (Å²) in [5.41, 5.74) is 0.534. The van der Waals surface area contributed by atoms with Crippen molar-refractivity contribution in [2.24, 2.45) is 0 Å². The lowest BCUT2D eigenvalue weighted by atomic mass is 9.92. The number of aliphatic hydroxyl groups is 3. The van der Waals surface area contributed by atoms with Gasteiger partial charge in [0.15, 0.2) is 5.78 Å². The van der Waals surface area contributed by atoms with Gasteiger partial charge in [-0.15, -0.1) is 0 Å². The summed E-state index contributed by atoms with van der Waals surface area (Å²) in [6.45, 7) is 1.60. The van der Waals surface area contributed by atoms with Gasteiger partial charge in [-0.1, -0.05) is 30.3 Å². The summed E-state index contributed by atoms with van der Waals surface area (Å²) < 4.78 is 5.39. The minimum Gasteiger partial charge on any atom is -0.388 e. The van der Waals surface area contributed by atoms with E-state index in [1.165, 1.54) is 0 Å². The Morgan fingerprint density at radius 2 is 1.74 bits per heavy atom. The minimum absolute atomic E-state index is 0.0285. The van der Waals surface area contributed by atoms with Crippen LogP contribution in [0.3, 0.4) is 0 Å². The Bertz CT molecular complexity index is 433. The second kappa shape index (κ2) is 5.79. The van der Waals surface area contributed by atoms with Gasteiger partial charge in [0.25, 0.3) is 0 Å². The zero-order chi connectivity index (χ0) is 14.0. The zero-order valence-corrected chi connectivity index (χ0v) is 10.6. The Morgan fingerprint density at radius 1 is 1.11 bits per heavy atom. The lowest BCUT2D eigenvalue weighted by Crippen LogP contribution is -2.56. The predicted octanol–water partition coefficient (Wildman–Crippen LogP) is 0.129. The van der Waals surface area contributed by atoms with Crippen LogP contribution in [-0.4, -0.2) is 51.6 Å². The molecule has 19 heavy (non-hydrogen) atoms. The number of Topliss-reactive ketones (excluding diaryl/α,β-unsaturated/α-hetero) is 1. The molecular weight excluding hydrogens is 248 g/mol. The minimum atomic E-state index is -1.29. The SMILES string of the molecule is C[C@H]1O[C@H](CC(=O)c2ccccc2)[C@H](O)[C@@H](O)[C@H]1O. The Morgan fingerprint density at radius 3 is 2.37 bits per heavy atom. The van der Waals surface area contributed by atoms with Crippen LogP contribution in [-0.2, 0) is 4.74 Å². The molecule has 1 fully saturated rings. The maximum atomic E-state index is 12.0. The van der Waals surface area contributed by atoms with Crippen LogP contribution in [0.15, 0.2) is 30.3 Å². The quantitative estimate of drug-likeness (QED) is 0.677. The number of benzene rings is 1. The largest absolute Gasteiger partial charge is 0.388 e. The molecule has 2 rings (SSSR count). The summed E-state index contributed by atoms with van der Waals surface area (Å²) in [5.74, 6) is -0.166. The van der Waals surface area contributed by atoms with Crippen LogP contribution in [0.2, 0.25) is 0 Å².